The van der Waals surface area contributed by atoms with E-state index in [1.807, 2.05) is 19.1 Å². The summed E-state index contributed by atoms with van der Waals surface area (Å²) < 4.78 is 8.19. The number of carbonyl (C=O) groups is 2. The van der Waals surface area contributed by atoms with Crippen molar-refractivity contribution in [3.8, 4) is 0 Å². The van der Waals surface area contributed by atoms with E-state index < -0.39 is 0 Å². The van der Waals surface area contributed by atoms with Crippen LogP contribution >= 0.6 is 0 Å². The Morgan fingerprint density at radius 1 is 0.913 bits per heavy atom. The quantitative estimate of drug-likeness (QED) is 0.738. The van der Waals surface area contributed by atoms with Gasteiger partial charge in [-0.15, -0.1) is 0 Å². The Bertz CT molecular complexity index is 628. The van der Waals surface area contributed by atoms with E-state index in [1.165, 1.54) is 12.2 Å². The van der Waals surface area contributed by atoms with Gasteiger partial charge in [-0.25, -0.2) is 0 Å². The van der Waals surface area contributed by atoms with Gasteiger partial charge in [0.05, 0.1) is 0 Å². The van der Waals surface area contributed by atoms with E-state index in [9.17, 15) is 9.59 Å². The number of allylic oxidation sites excluding steroid dienone is 10. The molecule has 0 saturated carbocycles. The van der Waals surface area contributed by atoms with Crippen LogP contribution < -0.4 is 10.6 Å². The summed E-state index contributed by atoms with van der Waals surface area (Å²) in [7, 11) is 0. The number of ketones is 2. The van der Waals surface area contributed by atoms with Crippen molar-refractivity contribution < 1.29 is 30.6 Å². The van der Waals surface area contributed by atoms with Gasteiger partial charge in [-0.2, -0.15) is 0 Å². The van der Waals surface area contributed by atoms with E-state index in [1.54, 1.807) is 36.7 Å². The third kappa shape index (κ3) is 6.59. The van der Waals surface area contributed by atoms with Gasteiger partial charge in [-0.3, -0.25) is 9.59 Å². The monoisotopic (exact) mass is 349 g/mol. The van der Waals surface area contributed by atoms with E-state index in [4.69, 9.17) is 3.67 Å². The van der Waals surface area contributed by atoms with Gasteiger partial charge in [-0.1, -0.05) is 24.3 Å². The molecule has 0 fully saturated rings. The van der Waals surface area contributed by atoms with Crippen molar-refractivity contribution in [2.45, 2.75) is 13.0 Å². The summed E-state index contributed by atoms with van der Waals surface area (Å²) in [6, 6.07) is 0.125. The van der Waals surface area contributed by atoms with Gasteiger partial charge >= 0.3 is 21.0 Å². The molecular formula is C17H18N2O3V. The summed E-state index contributed by atoms with van der Waals surface area (Å²) in [4.78, 5) is 23.1. The van der Waals surface area contributed by atoms with E-state index in [0.717, 1.165) is 17.4 Å². The van der Waals surface area contributed by atoms with Gasteiger partial charge in [0, 0.05) is 36.1 Å². The Morgan fingerprint density at radius 3 is 1.91 bits per heavy atom. The second-order valence-corrected chi connectivity index (χ2v) is 4.84. The third-order valence-electron chi connectivity index (χ3n) is 3.04. The predicted octanol–water partition coefficient (Wildman–Crippen LogP) is 1.59. The fourth-order valence-corrected chi connectivity index (χ4v) is 1.84. The number of hydrogen-bond donors (Lipinski definition) is 2. The van der Waals surface area contributed by atoms with Gasteiger partial charge < -0.3 is 10.6 Å². The van der Waals surface area contributed by atoms with E-state index in [2.05, 4.69) is 10.6 Å². The zero-order valence-corrected chi connectivity index (χ0v) is 14.1. The fourth-order valence-electron chi connectivity index (χ4n) is 1.84. The predicted molar refractivity (Wildman–Crippen MR) is 84.0 cm³/mol. The van der Waals surface area contributed by atoms with Crippen LogP contribution in [-0.2, 0) is 30.6 Å². The van der Waals surface area contributed by atoms with E-state index in [-0.39, 0.29) is 17.6 Å². The molecule has 0 amide bonds. The second-order valence-electron chi connectivity index (χ2n) is 4.84. The molecule has 0 radical (unpaired) electrons. The van der Waals surface area contributed by atoms with Crippen molar-refractivity contribution in [2.24, 2.45) is 0 Å². The molecule has 0 saturated heterocycles. The normalized spacial score (nSPS) is 20.3. The van der Waals surface area contributed by atoms with Crippen LogP contribution in [0.5, 0.6) is 0 Å². The minimum absolute atomic E-state index is 0.00235. The summed E-state index contributed by atoms with van der Waals surface area (Å²) in [5.41, 5.74) is 1.27. The van der Waals surface area contributed by atoms with Gasteiger partial charge in [0.1, 0.15) is 0 Å². The Labute approximate surface area is 144 Å². The van der Waals surface area contributed by atoms with Crippen LogP contribution in [0, 0.1) is 0 Å². The summed E-state index contributed by atoms with van der Waals surface area (Å²) in [5, 5.41) is 6.26. The van der Waals surface area contributed by atoms with Gasteiger partial charge in [0.15, 0.2) is 11.6 Å². The summed E-state index contributed by atoms with van der Waals surface area (Å²) in [6.45, 7) is 2.64. The molecule has 0 aliphatic heterocycles. The molecule has 0 aromatic rings. The Kier molecular flexibility index (Phi) is 8.57. The number of hydrogen-bond acceptors (Lipinski definition) is 5. The molecule has 5 nitrogen and oxygen atoms in total. The summed E-state index contributed by atoms with van der Waals surface area (Å²) >= 11 is 1.06. The molecule has 23 heavy (non-hydrogen) atoms. The van der Waals surface area contributed by atoms with Crippen molar-refractivity contribution in [3.05, 3.63) is 72.2 Å². The van der Waals surface area contributed by atoms with Gasteiger partial charge in [0.2, 0.25) is 0 Å². The first-order chi connectivity index (χ1) is 11.2. The second kappa shape index (κ2) is 10.5. The SMILES string of the molecule is CC(CN/C=C1/C=CC=CC1=O)N/C=C1/C=CC=CC1=O.[O]=[V]. The Hall–Kier alpha value is -2.24. The van der Waals surface area contributed by atoms with Crippen LogP contribution in [0.15, 0.2) is 72.2 Å². The third-order valence-corrected chi connectivity index (χ3v) is 3.04. The average molecular weight is 349 g/mol. The zero-order chi connectivity index (χ0) is 17.1. The fraction of sp³-hybridized carbons (Fsp3) is 0.176. The van der Waals surface area contributed by atoms with Crippen LogP contribution in [0.4, 0.5) is 0 Å². The first-order valence-corrected chi connectivity index (χ1v) is 7.60. The van der Waals surface area contributed by atoms with Crippen molar-refractivity contribution in [2.75, 3.05) is 6.54 Å². The Morgan fingerprint density at radius 2 is 1.39 bits per heavy atom. The zero-order valence-electron chi connectivity index (χ0n) is 12.7. The summed E-state index contributed by atoms with van der Waals surface area (Å²) in [5.74, 6) is -0.00513. The van der Waals surface area contributed by atoms with Gasteiger partial charge in [0.25, 0.3) is 0 Å². The van der Waals surface area contributed by atoms with Crippen LogP contribution in [0.2, 0.25) is 0 Å². The number of carbonyl (C=O) groups excluding carboxylic acids is 2. The summed E-state index contributed by atoms with van der Waals surface area (Å²) in [6.07, 6.45) is 17.1. The van der Waals surface area contributed by atoms with Crippen molar-refractivity contribution >= 4 is 11.6 Å². The molecule has 1 unspecified atom stereocenters. The molecule has 2 aliphatic carbocycles. The van der Waals surface area contributed by atoms with E-state index in [0.29, 0.717) is 17.7 Å². The van der Waals surface area contributed by atoms with Crippen LogP contribution in [0.25, 0.3) is 0 Å². The molecule has 0 spiro atoms. The molecule has 119 valence electrons. The van der Waals surface area contributed by atoms with E-state index >= 15 is 0 Å². The topological polar surface area (TPSA) is 75.3 Å². The standard InChI is InChI=1S/C17H18N2O2.O.V/c1-13(19-12-15-7-3-5-9-17(15)21)10-18-11-14-6-2-4-8-16(14)20;;/h2-9,11-13,18-19H,10H2,1H3;;/b14-11-,15-12-;;. The van der Waals surface area contributed by atoms with Crippen molar-refractivity contribution in [3.63, 3.8) is 0 Å². The molecule has 0 aromatic heterocycles. The first-order valence-electron chi connectivity index (χ1n) is 7.03. The number of nitrogens with one attached hydrogen (secondary N) is 2. The Balaban J connectivity index is 0.00000127. The first kappa shape index (κ1) is 18.8. The van der Waals surface area contributed by atoms with Crippen molar-refractivity contribution in [1.82, 2.24) is 10.6 Å². The average Bonchev–Trinajstić information content (AvgIpc) is 2.58. The van der Waals surface area contributed by atoms with Gasteiger partial charge in [-0.05, 0) is 31.2 Å². The molecule has 0 bridgehead atoms. The minimum atomic E-state index is -0.00277. The van der Waals surface area contributed by atoms with Crippen molar-refractivity contribution in [1.29, 1.82) is 0 Å². The molecule has 6 heteroatoms. The molecule has 1 atom stereocenters. The molecule has 2 aliphatic rings. The molecular weight excluding hydrogens is 331 g/mol. The number of rotatable bonds is 5. The van der Waals surface area contributed by atoms with Crippen LogP contribution in [0.3, 0.4) is 0 Å². The molecule has 2 N–H and O–H groups in total. The molecule has 0 heterocycles. The maximum atomic E-state index is 11.5. The molecule has 2 rings (SSSR count). The molecule has 0 aromatic carbocycles. The van der Waals surface area contributed by atoms with Crippen LogP contribution in [0.1, 0.15) is 6.92 Å². The van der Waals surface area contributed by atoms with Crippen LogP contribution in [-0.4, -0.2) is 24.2 Å². The maximum absolute atomic E-state index is 11.5.